The number of hydrazone groups is 2. The number of hydrogen-bond acceptors (Lipinski definition) is 7. The summed E-state index contributed by atoms with van der Waals surface area (Å²) in [7, 11) is 0. The molecule has 1 aromatic heterocycles. The zero-order chi connectivity index (χ0) is 17.6. The van der Waals surface area contributed by atoms with Gasteiger partial charge < -0.3 is 37.2 Å². The second-order valence-electron chi connectivity index (χ2n) is 6.90. The van der Waals surface area contributed by atoms with Gasteiger partial charge in [-0.05, 0) is 64.2 Å². The normalized spacial score (nSPS) is 17.5. The van der Waals surface area contributed by atoms with Crippen molar-refractivity contribution in [1.29, 1.82) is 0 Å². The first-order valence-electron chi connectivity index (χ1n) is 9.21. The van der Waals surface area contributed by atoms with Crippen molar-refractivity contribution in [1.82, 2.24) is 26.1 Å². The fraction of sp³-hybridized carbons (Fsp3) is 0.611. The molecule has 0 aliphatic carbocycles. The van der Waals surface area contributed by atoms with E-state index in [1.54, 1.807) is 0 Å². The van der Waals surface area contributed by atoms with Crippen LogP contribution in [0.1, 0.15) is 56.5 Å². The van der Waals surface area contributed by atoms with Crippen molar-refractivity contribution in [2.75, 3.05) is 26.2 Å². The van der Waals surface area contributed by atoms with Crippen LogP contribution in [-0.2, 0) is 16.8 Å². The van der Waals surface area contributed by atoms with Gasteiger partial charge in [-0.25, -0.2) is 26.1 Å². The summed E-state index contributed by atoms with van der Waals surface area (Å²) in [4.78, 5) is 4.75. The Balaban J connectivity index is 0. The number of hydrazine groups is 2. The summed E-state index contributed by atoms with van der Waals surface area (Å²) in [6.45, 7) is 10.3. The van der Waals surface area contributed by atoms with Crippen LogP contribution in [0.3, 0.4) is 0 Å². The number of halogens is 3. The SMILES string of the molecule is CC(=NNN1CCCC1)c1cc(C)cc(C(C)=NNN2CCCC2)n1.[Cl-].[Cl-].[Cl-].[Co+3]. The molecule has 0 atom stereocenters. The molecular formula is C18H29Cl3CoN7. The Bertz CT molecular complexity index is 609. The third-order valence-electron chi connectivity index (χ3n) is 4.64. The molecule has 0 spiro atoms. The molecule has 2 fully saturated rings. The summed E-state index contributed by atoms with van der Waals surface area (Å²) >= 11 is 0. The quantitative estimate of drug-likeness (QED) is 0.295. The van der Waals surface area contributed by atoms with Crippen molar-refractivity contribution in [3.8, 4) is 0 Å². The Morgan fingerprint density at radius 2 is 1.14 bits per heavy atom. The Labute approximate surface area is 202 Å². The molecule has 2 aliphatic heterocycles. The molecular weight excluding hydrogens is 480 g/mol. The maximum atomic E-state index is 4.75. The smallest absolute Gasteiger partial charge is 1.00 e. The van der Waals surface area contributed by atoms with Gasteiger partial charge >= 0.3 is 16.8 Å². The van der Waals surface area contributed by atoms with Gasteiger partial charge in [0, 0.05) is 26.2 Å². The Kier molecular flexibility index (Phi) is 16.1. The standard InChI is InChI=1S/C18H29N7.3ClH.Co/c1-14-12-17(15(2)20-22-24-8-4-5-9-24)19-18(13-14)16(3)21-23-25-10-6-7-11-25;;;;/h12-13,22-23H,4-11H2,1-3H3;3*1H;/q;;;;+3/p-3. The van der Waals surface area contributed by atoms with E-state index in [1.165, 1.54) is 25.7 Å². The maximum absolute atomic E-state index is 4.75. The molecule has 0 unspecified atom stereocenters. The molecule has 3 rings (SSSR count). The molecule has 2 saturated heterocycles. The van der Waals surface area contributed by atoms with Gasteiger partial charge in [-0.1, -0.05) is 0 Å². The van der Waals surface area contributed by atoms with Gasteiger partial charge in [-0.3, -0.25) is 0 Å². The number of nitrogens with one attached hydrogen (secondary N) is 2. The molecule has 3 heterocycles. The number of pyridine rings is 1. The van der Waals surface area contributed by atoms with Crippen LogP contribution >= 0.6 is 0 Å². The third-order valence-corrected chi connectivity index (χ3v) is 4.64. The van der Waals surface area contributed by atoms with E-state index < -0.39 is 0 Å². The molecule has 2 aliphatic rings. The molecule has 0 radical (unpaired) electrons. The van der Waals surface area contributed by atoms with E-state index in [4.69, 9.17) is 4.98 Å². The number of rotatable bonds is 6. The fourth-order valence-electron chi connectivity index (χ4n) is 3.08. The average molecular weight is 509 g/mol. The van der Waals surface area contributed by atoms with Crippen LogP contribution in [-0.4, -0.2) is 52.6 Å². The number of hydrogen-bond donors (Lipinski definition) is 2. The first-order valence-corrected chi connectivity index (χ1v) is 9.21. The minimum atomic E-state index is 0. The van der Waals surface area contributed by atoms with Gasteiger partial charge in [0.1, 0.15) is 0 Å². The third kappa shape index (κ3) is 9.38. The topological polar surface area (TPSA) is 68.2 Å². The zero-order valence-electron chi connectivity index (χ0n) is 17.0. The molecule has 0 saturated carbocycles. The van der Waals surface area contributed by atoms with Crippen LogP contribution in [0.2, 0.25) is 0 Å². The molecule has 0 amide bonds. The molecule has 1 aromatic rings. The second-order valence-corrected chi connectivity index (χ2v) is 6.90. The predicted molar refractivity (Wildman–Crippen MR) is 101 cm³/mol. The van der Waals surface area contributed by atoms with Gasteiger partial charge in [0.15, 0.2) is 0 Å². The van der Waals surface area contributed by atoms with Crippen LogP contribution in [0.25, 0.3) is 0 Å². The Morgan fingerprint density at radius 3 is 1.48 bits per heavy atom. The van der Waals surface area contributed by atoms with Crippen LogP contribution in [0, 0.1) is 6.92 Å². The predicted octanol–water partition coefficient (Wildman–Crippen LogP) is -6.95. The summed E-state index contributed by atoms with van der Waals surface area (Å²) in [5.74, 6) is 0. The minimum Gasteiger partial charge on any atom is -1.00 e. The van der Waals surface area contributed by atoms with E-state index >= 15 is 0 Å². The van der Waals surface area contributed by atoms with E-state index in [-0.39, 0.29) is 54.0 Å². The number of aryl methyl sites for hydroxylation is 1. The van der Waals surface area contributed by atoms with E-state index in [2.05, 4.69) is 50.3 Å². The average Bonchev–Trinajstić information content (AvgIpc) is 3.30. The number of nitrogens with zero attached hydrogens (tertiary/aromatic N) is 5. The van der Waals surface area contributed by atoms with Gasteiger partial charge in [-0.15, -0.1) is 0 Å². The van der Waals surface area contributed by atoms with Crippen LogP contribution < -0.4 is 48.3 Å². The molecule has 29 heavy (non-hydrogen) atoms. The van der Waals surface area contributed by atoms with E-state index in [0.29, 0.717) is 0 Å². The molecule has 11 heteroatoms. The molecule has 2 N–H and O–H groups in total. The first-order chi connectivity index (χ1) is 12.1. The van der Waals surface area contributed by atoms with E-state index in [0.717, 1.165) is 54.6 Å². The van der Waals surface area contributed by atoms with E-state index in [9.17, 15) is 0 Å². The Morgan fingerprint density at radius 1 is 0.793 bits per heavy atom. The summed E-state index contributed by atoms with van der Waals surface area (Å²) in [6.07, 6.45) is 4.92. The van der Waals surface area contributed by atoms with Crippen LogP contribution in [0.4, 0.5) is 0 Å². The zero-order valence-corrected chi connectivity index (χ0v) is 20.3. The van der Waals surface area contributed by atoms with Gasteiger partial charge in [-0.2, -0.15) is 10.2 Å². The molecule has 0 aromatic carbocycles. The Hall–Kier alpha value is -0.614. The van der Waals surface area contributed by atoms with Crippen molar-refractivity contribution in [2.45, 2.75) is 46.5 Å². The van der Waals surface area contributed by atoms with Crippen molar-refractivity contribution in [2.24, 2.45) is 10.2 Å². The number of aromatic nitrogens is 1. The van der Waals surface area contributed by atoms with Crippen molar-refractivity contribution < 1.29 is 54.0 Å². The molecule has 166 valence electrons. The summed E-state index contributed by atoms with van der Waals surface area (Å²) in [5, 5.41) is 13.3. The molecule has 7 nitrogen and oxygen atoms in total. The summed E-state index contributed by atoms with van der Waals surface area (Å²) in [5.41, 5.74) is 11.0. The second kappa shape index (κ2) is 15.2. The maximum Gasteiger partial charge on any atom is 3.00 e. The first kappa shape index (κ1) is 30.6. The fourth-order valence-corrected chi connectivity index (χ4v) is 3.08. The summed E-state index contributed by atoms with van der Waals surface area (Å²) < 4.78 is 0. The minimum absolute atomic E-state index is 0. The van der Waals surface area contributed by atoms with Gasteiger partial charge in [0.25, 0.3) is 0 Å². The van der Waals surface area contributed by atoms with E-state index in [1.807, 2.05) is 13.8 Å². The molecule has 0 bridgehead atoms. The van der Waals surface area contributed by atoms with Crippen molar-refractivity contribution >= 4 is 11.4 Å². The van der Waals surface area contributed by atoms with Crippen molar-refractivity contribution in [3.63, 3.8) is 0 Å². The van der Waals surface area contributed by atoms with Gasteiger partial charge in [0.05, 0.1) is 22.8 Å². The van der Waals surface area contributed by atoms with Crippen LogP contribution in [0.15, 0.2) is 22.3 Å². The monoisotopic (exact) mass is 507 g/mol. The van der Waals surface area contributed by atoms with Crippen LogP contribution in [0.5, 0.6) is 0 Å². The summed E-state index contributed by atoms with van der Waals surface area (Å²) in [6, 6.07) is 4.13. The van der Waals surface area contributed by atoms with Crippen molar-refractivity contribution in [3.05, 3.63) is 29.1 Å². The van der Waals surface area contributed by atoms with Gasteiger partial charge in [0.2, 0.25) is 0 Å². The largest absolute Gasteiger partial charge is 3.00 e.